The zero-order valence-corrected chi connectivity index (χ0v) is 22.5. The van der Waals surface area contributed by atoms with Crippen LogP contribution in [0.2, 0.25) is 0 Å². The molecule has 1 aliphatic rings. The smallest absolute Gasteiger partial charge is 0.0991 e. The van der Waals surface area contributed by atoms with Crippen LogP contribution in [0, 0.1) is 30.4 Å². The van der Waals surface area contributed by atoms with Crippen molar-refractivity contribution >= 4 is 21.8 Å². The second kappa shape index (κ2) is 8.72. The fourth-order valence-electron chi connectivity index (χ4n) is 6.89. The molecule has 8 rings (SSSR count). The first-order chi connectivity index (χ1) is 20.2. The molecule has 1 aliphatic carbocycles. The number of benzene rings is 5. The van der Waals surface area contributed by atoms with Crippen molar-refractivity contribution < 1.29 is 0 Å². The minimum atomic E-state index is -0.530. The zero-order valence-electron chi connectivity index (χ0n) is 22.5. The summed E-state index contributed by atoms with van der Waals surface area (Å²) < 4.78 is 2.28. The molecule has 0 fully saturated rings. The summed E-state index contributed by atoms with van der Waals surface area (Å²) in [7, 11) is 0. The molecule has 41 heavy (non-hydrogen) atoms. The fourth-order valence-corrected chi connectivity index (χ4v) is 6.89. The van der Waals surface area contributed by atoms with Crippen LogP contribution in [0.25, 0.3) is 38.6 Å². The lowest BCUT2D eigenvalue weighted by molar-refractivity contribution is 0.769. The largest absolute Gasteiger partial charge is 0.302 e. The number of nitriles is 1. The third kappa shape index (κ3) is 3.20. The van der Waals surface area contributed by atoms with E-state index in [1.54, 1.807) is 0 Å². The topological polar surface area (TPSA) is 28.7 Å². The highest BCUT2D eigenvalue weighted by molar-refractivity contribution is 6.09. The Kier molecular flexibility index (Phi) is 4.96. The van der Waals surface area contributed by atoms with Crippen molar-refractivity contribution in [3.8, 4) is 22.9 Å². The molecule has 1 atom stereocenters. The molecule has 0 bridgehead atoms. The van der Waals surface area contributed by atoms with Crippen molar-refractivity contribution in [3.63, 3.8) is 0 Å². The van der Waals surface area contributed by atoms with E-state index in [2.05, 4.69) is 139 Å². The van der Waals surface area contributed by atoms with Crippen LogP contribution in [0.15, 0.2) is 127 Å². The molecule has 0 saturated carbocycles. The highest BCUT2D eigenvalue weighted by Crippen LogP contribution is 2.56. The summed E-state index contributed by atoms with van der Waals surface area (Å²) in [6, 6.07) is 54.1. The van der Waals surface area contributed by atoms with Gasteiger partial charge in [-0.1, -0.05) is 96.6 Å². The Morgan fingerprint density at radius 2 is 1.41 bits per heavy atom. The van der Waals surface area contributed by atoms with Gasteiger partial charge in [0, 0.05) is 10.8 Å². The number of hydrogen-bond acceptors (Lipinski definition) is 1. The van der Waals surface area contributed by atoms with Crippen LogP contribution >= 0.6 is 0 Å². The van der Waals surface area contributed by atoms with Gasteiger partial charge < -0.3 is 4.57 Å². The van der Waals surface area contributed by atoms with Gasteiger partial charge in [-0.3, -0.25) is 0 Å². The molecule has 0 aliphatic heterocycles. The molecule has 0 amide bonds. The maximum atomic E-state index is 9.77. The summed E-state index contributed by atoms with van der Waals surface area (Å²) in [4.78, 5) is 0. The first kappa shape index (κ1) is 23.3. The molecular weight excluding hydrogens is 496 g/mol. The Balaban J connectivity index is 1.51. The Labute approximate surface area is 239 Å². The van der Waals surface area contributed by atoms with Crippen LogP contribution < -0.4 is 0 Å². The molecule has 0 saturated heterocycles. The highest BCUT2D eigenvalue weighted by atomic mass is 15.0. The van der Waals surface area contributed by atoms with Gasteiger partial charge in [0.1, 0.15) is 0 Å². The van der Waals surface area contributed by atoms with Crippen LogP contribution in [-0.4, -0.2) is 4.57 Å². The Morgan fingerprint density at radius 3 is 2.24 bits per heavy atom. The predicted octanol–water partition coefficient (Wildman–Crippen LogP) is 8.93. The third-order valence-corrected chi connectivity index (χ3v) is 8.64. The second-order valence-corrected chi connectivity index (χ2v) is 10.8. The van der Waals surface area contributed by atoms with Gasteiger partial charge in [0.15, 0.2) is 0 Å². The Hall–Kier alpha value is -5.57. The maximum absolute atomic E-state index is 9.77. The lowest BCUT2D eigenvalue weighted by Gasteiger charge is -2.34. The molecule has 2 nitrogen and oxygen atoms in total. The van der Waals surface area contributed by atoms with Crippen LogP contribution in [-0.2, 0) is 5.41 Å². The van der Waals surface area contributed by atoms with E-state index >= 15 is 0 Å². The van der Waals surface area contributed by atoms with Crippen molar-refractivity contribution in [2.24, 2.45) is 0 Å². The number of fused-ring (bicyclic) bond motifs is 6. The summed E-state index contributed by atoms with van der Waals surface area (Å²) >= 11 is 0. The van der Waals surface area contributed by atoms with E-state index in [0.29, 0.717) is 5.56 Å². The molecule has 190 valence electrons. The SMILES string of the molecule is Cc1ccc([C@]2(c3ccc4c(c3)c3ccccc3n4-c3c#cccc3)c3ccccc3-c3cc(C#N)ccc32)cc1. The van der Waals surface area contributed by atoms with Gasteiger partial charge in [0.05, 0.1) is 33.8 Å². The lowest BCUT2D eigenvalue weighted by atomic mass is 9.67. The summed E-state index contributed by atoms with van der Waals surface area (Å²) in [5.74, 6) is 0. The maximum Gasteiger partial charge on any atom is 0.0991 e. The number of para-hydroxylation sites is 1. The first-order valence-corrected chi connectivity index (χ1v) is 13.8. The Bertz CT molecular complexity index is 2160. The van der Waals surface area contributed by atoms with Crippen molar-refractivity contribution in [3.05, 3.63) is 173 Å². The lowest BCUT2D eigenvalue weighted by Crippen LogP contribution is -2.28. The van der Waals surface area contributed by atoms with Crippen molar-refractivity contribution in [1.82, 2.24) is 4.57 Å². The van der Waals surface area contributed by atoms with Gasteiger partial charge in [0.2, 0.25) is 0 Å². The van der Waals surface area contributed by atoms with E-state index in [0.717, 1.165) is 22.3 Å². The van der Waals surface area contributed by atoms with Crippen LogP contribution in [0.4, 0.5) is 0 Å². The quantitative estimate of drug-likeness (QED) is 0.229. The minimum Gasteiger partial charge on any atom is -0.302 e. The summed E-state index contributed by atoms with van der Waals surface area (Å²) in [5.41, 5.74) is 11.8. The minimum absolute atomic E-state index is 0.530. The number of rotatable bonds is 3. The van der Waals surface area contributed by atoms with Gasteiger partial charge in [0.25, 0.3) is 0 Å². The first-order valence-electron chi connectivity index (χ1n) is 13.8. The number of hydrogen-bond donors (Lipinski definition) is 0. The molecule has 6 aromatic carbocycles. The molecule has 0 unspecified atom stereocenters. The number of aryl methyl sites for hydroxylation is 1. The molecular formula is C39H24N2. The zero-order chi connectivity index (χ0) is 27.6. The summed E-state index contributed by atoms with van der Waals surface area (Å²) in [6.07, 6.45) is 0. The van der Waals surface area contributed by atoms with E-state index in [1.807, 2.05) is 18.2 Å². The number of nitrogens with zero attached hydrogens (tertiary/aromatic N) is 2. The third-order valence-electron chi connectivity index (χ3n) is 8.64. The van der Waals surface area contributed by atoms with E-state index in [-0.39, 0.29) is 0 Å². The average molecular weight is 521 g/mol. The van der Waals surface area contributed by atoms with Crippen LogP contribution in [0.5, 0.6) is 0 Å². The molecule has 2 heteroatoms. The van der Waals surface area contributed by atoms with E-state index < -0.39 is 5.41 Å². The molecule has 7 aromatic rings. The van der Waals surface area contributed by atoms with Gasteiger partial charge in [-0.25, -0.2) is 0 Å². The predicted molar refractivity (Wildman–Crippen MR) is 165 cm³/mol. The molecule has 0 radical (unpaired) electrons. The van der Waals surface area contributed by atoms with Crippen molar-refractivity contribution in [2.45, 2.75) is 12.3 Å². The summed E-state index contributed by atoms with van der Waals surface area (Å²) in [6.45, 7) is 2.13. The molecule has 1 aromatic heterocycles. The van der Waals surface area contributed by atoms with Crippen molar-refractivity contribution in [1.29, 1.82) is 5.26 Å². The Morgan fingerprint density at radius 1 is 0.659 bits per heavy atom. The average Bonchev–Trinajstić information content (AvgIpc) is 3.52. The van der Waals surface area contributed by atoms with Gasteiger partial charge in [-0.2, -0.15) is 5.26 Å². The van der Waals surface area contributed by atoms with Gasteiger partial charge in [-0.05, 0) is 88.8 Å². The molecule has 0 spiro atoms. The van der Waals surface area contributed by atoms with Crippen LogP contribution in [0.1, 0.15) is 33.4 Å². The highest BCUT2D eigenvalue weighted by Gasteiger charge is 2.46. The standard InChI is InChI=1S/C39H24N2/c1-26-15-18-28(19-16-26)39(35-13-7-5-11-31(35)33-23-27(25-40)17-21-36(33)39)29-20-22-38-34(24-29)32-12-6-8-14-37(32)41(38)30-9-3-2-4-10-30/h2-3,5-9,11-24H,1H3/t39-/m0/s1. The van der Waals surface area contributed by atoms with Gasteiger partial charge in [-0.15, -0.1) is 0 Å². The second-order valence-electron chi connectivity index (χ2n) is 10.8. The molecule has 1 heterocycles. The summed E-state index contributed by atoms with van der Waals surface area (Å²) in [5, 5.41) is 12.2. The normalized spacial score (nSPS) is 15.3. The fraction of sp³-hybridized carbons (Fsp3) is 0.0513. The van der Waals surface area contributed by atoms with E-state index in [4.69, 9.17) is 0 Å². The monoisotopic (exact) mass is 520 g/mol. The van der Waals surface area contributed by atoms with E-state index in [9.17, 15) is 5.26 Å². The van der Waals surface area contributed by atoms with Crippen molar-refractivity contribution in [2.75, 3.05) is 0 Å². The number of aromatic nitrogens is 1. The van der Waals surface area contributed by atoms with Gasteiger partial charge >= 0.3 is 0 Å². The molecule has 0 N–H and O–H groups in total. The van der Waals surface area contributed by atoms with E-state index in [1.165, 1.54) is 44.2 Å². The van der Waals surface area contributed by atoms with Crippen LogP contribution in [0.3, 0.4) is 0 Å².